The number of rotatable bonds is 6. The fourth-order valence-corrected chi connectivity index (χ4v) is 5.36. The fraction of sp³-hybridized carbons (Fsp3) is 0.190. The summed E-state index contributed by atoms with van der Waals surface area (Å²) in [7, 11) is 0. The van der Waals surface area contributed by atoms with Crippen molar-refractivity contribution in [3.05, 3.63) is 54.9 Å². The lowest BCUT2D eigenvalue weighted by Crippen LogP contribution is -1.93. The van der Waals surface area contributed by atoms with Crippen LogP contribution < -0.4 is 5.73 Å². The first kappa shape index (κ1) is 17.9. The minimum atomic E-state index is 0.628. The number of unbranched alkanes of at least 4 members (excludes halogenated alkanes) is 1. The lowest BCUT2D eigenvalue weighted by atomic mass is 10.0. The molecule has 0 amide bonds. The van der Waals surface area contributed by atoms with Crippen LogP contribution in [0.15, 0.2) is 59.1 Å². The van der Waals surface area contributed by atoms with Crippen LogP contribution in [-0.4, -0.2) is 20.7 Å². The predicted octanol–water partition coefficient (Wildman–Crippen LogP) is 5.89. The van der Waals surface area contributed by atoms with E-state index in [0.717, 1.165) is 42.7 Å². The summed E-state index contributed by atoms with van der Waals surface area (Å²) in [5.74, 6) is 1.70. The van der Waals surface area contributed by atoms with Crippen LogP contribution in [0.1, 0.15) is 19.8 Å². The van der Waals surface area contributed by atoms with E-state index >= 15 is 0 Å². The van der Waals surface area contributed by atoms with Gasteiger partial charge in [0.25, 0.3) is 0 Å². The van der Waals surface area contributed by atoms with E-state index in [1.807, 2.05) is 36.0 Å². The van der Waals surface area contributed by atoms with Gasteiger partial charge in [-0.15, -0.1) is 23.1 Å². The average molecular weight is 393 g/mol. The molecule has 3 heterocycles. The third-order valence-corrected chi connectivity index (χ3v) is 6.75. The second-order valence-electron chi connectivity index (χ2n) is 6.18. The number of nitrogen functional groups attached to an aromatic ring is 1. The Hall–Kier alpha value is -2.44. The minimum Gasteiger partial charge on any atom is -0.397 e. The molecular formula is C21H20N4S2. The van der Waals surface area contributed by atoms with E-state index in [9.17, 15) is 0 Å². The first-order chi connectivity index (χ1) is 13.3. The third-order valence-electron chi connectivity index (χ3n) is 4.28. The number of nitrogens with two attached hydrogens (primary N) is 1. The lowest BCUT2D eigenvalue weighted by molar-refractivity contribution is 0.897. The van der Waals surface area contributed by atoms with Crippen LogP contribution >= 0.6 is 23.1 Å². The van der Waals surface area contributed by atoms with Gasteiger partial charge in [-0.3, -0.25) is 0 Å². The molecule has 0 spiro atoms. The van der Waals surface area contributed by atoms with Crippen LogP contribution in [0.4, 0.5) is 5.69 Å². The van der Waals surface area contributed by atoms with Crippen LogP contribution in [0.2, 0.25) is 0 Å². The molecule has 0 bridgehead atoms. The summed E-state index contributed by atoms with van der Waals surface area (Å²) in [5.41, 5.74) is 10.4. The van der Waals surface area contributed by atoms with Crippen LogP contribution in [0, 0.1) is 0 Å². The maximum absolute atomic E-state index is 6.57. The van der Waals surface area contributed by atoms with Crippen LogP contribution in [0.25, 0.3) is 32.9 Å². The van der Waals surface area contributed by atoms with Gasteiger partial charge in [0.2, 0.25) is 0 Å². The third kappa shape index (κ3) is 3.68. The summed E-state index contributed by atoms with van der Waals surface area (Å²) in [6.45, 7) is 2.20. The van der Waals surface area contributed by atoms with E-state index in [1.54, 1.807) is 23.7 Å². The second-order valence-corrected chi connectivity index (χ2v) is 8.54. The number of fused-ring (bicyclic) bond motifs is 1. The van der Waals surface area contributed by atoms with E-state index in [1.165, 1.54) is 12.8 Å². The van der Waals surface area contributed by atoms with E-state index in [4.69, 9.17) is 10.7 Å². The Morgan fingerprint density at radius 3 is 2.59 bits per heavy atom. The van der Waals surface area contributed by atoms with Gasteiger partial charge in [-0.25, -0.2) is 15.0 Å². The van der Waals surface area contributed by atoms with Crippen molar-refractivity contribution in [2.24, 2.45) is 0 Å². The Bertz CT molecular complexity index is 1050. The van der Waals surface area contributed by atoms with Gasteiger partial charge in [0, 0.05) is 17.8 Å². The Labute approximate surface area is 166 Å². The molecule has 4 rings (SSSR count). The monoisotopic (exact) mass is 392 g/mol. The quantitative estimate of drug-likeness (QED) is 0.327. The number of hydrogen-bond acceptors (Lipinski definition) is 6. The summed E-state index contributed by atoms with van der Waals surface area (Å²) in [6, 6.07) is 14.2. The SMILES string of the molecule is CCCCSc1sc2nc(-c3ncccn3)cc(-c3ccccc3)c2c1N. The van der Waals surface area contributed by atoms with Gasteiger partial charge in [0.15, 0.2) is 5.82 Å². The summed E-state index contributed by atoms with van der Waals surface area (Å²) in [5, 5.41) is 1.03. The highest BCUT2D eigenvalue weighted by Gasteiger charge is 2.18. The molecule has 0 aliphatic heterocycles. The molecule has 2 N–H and O–H groups in total. The fourth-order valence-electron chi connectivity index (χ4n) is 2.91. The Kier molecular flexibility index (Phi) is 5.36. The number of anilines is 1. The van der Waals surface area contributed by atoms with Crippen LogP contribution in [0.5, 0.6) is 0 Å². The minimum absolute atomic E-state index is 0.628. The maximum Gasteiger partial charge on any atom is 0.178 e. The first-order valence-corrected chi connectivity index (χ1v) is 10.8. The van der Waals surface area contributed by atoms with Gasteiger partial charge < -0.3 is 5.73 Å². The number of hydrogen-bond donors (Lipinski definition) is 1. The second kappa shape index (κ2) is 8.06. The number of aromatic nitrogens is 3. The van der Waals surface area contributed by atoms with E-state index in [-0.39, 0.29) is 0 Å². The van der Waals surface area contributed by atoms with Crippen molar-refractivity contribution in [3.8, 4) is 22.6 Å². The van der Waals surface area contributed by atoms with Crippen molar-refractivity contribution in [2.45, 2.75) is 24.0 Å². The molecule has 136 valence electrons. The van der Waals surface area contributed by atoms with E-state index in [2.05, 4.69) is 35.1 Å². The van der Waals surface area contributed by atoms with Crippen LogP contribution in [-0.2, 0) is 0 Å². The van der Waals surface area contributed by atoms with Gasteiger partial charge in [0.05, 0.1) is 9.90 Å². The molecule has 0 saturated heterocycles. The summed E-state index contributed by atoms with van der Waals surface area (Å²) in [6.07, 6.45) is 5.84. The molecule has 1 aromatic carbocycles. The molecule has 0 fully saturated rings. The zero-order chi connectivity index (χ0) is 18.6. The highest BCUT2D eigenvalue weighted by molar-refractivity contribution is 8.01. The molecule has 0 aliphatic carbocycles. The smallest absolute Gasteiger partial charge is 0.178 e. The van der Waals surface area contributed by atoms with Crippen LogP contribution in [0.3, 0.4) is 0 Å². The number of thioether (sulfide) groups is 1. The zero-order valence-electron chi connectivity index (χ0n) is 15.1. The van der Waals surface area contributed by atoms with Gasteiger partial charge in [-0.2, -0.15) is 0 Å². The highest BCUT2D eigenvalue weighted by Crippen LogP contribution is 2.45. The molecule has 0 saturated carbocycles. The maximum atomic E-state index is 6.57. The number of benzene rings is 1. The largest absolute Gasteiger partial charge is 0.397 e. The van der Waals surface area contributed by atoms with E-state index in [0.29, 0.717) is 5.82 Å². The molecule has 0 atom stereocenters. The summed E-state index contributed by atoms with van der Waals surface area (Å²) >= 11 is 3.49. The molecule has 3 aromatic heterocycles. The predicted molar refractivity (Wildman–Crippen MR) is 116 cm³/mol. The topological polar surface area (TPSA) is 64.7 Å². The van der Waals surface area contributed by atoms with Crippen molar-refractivity contribution in [1.82, 2.24) is 15.0 Å². The lowest BCUT2D eigenvalue weighted by Gasteiger charge is -2.08. The number of pyridine rings is 1. The van der Waals surface area contributed by atoms with Gasteiger partial charge in [-0.05, 0) is 35.4 Å². The van der Waals surface area contributed by atoms with Crippen molar-refractivity contribution >= 4 is 39.0 Å². The molecule has 0 aliphatic rings. The molecule has 4 nitrogen and oxygen atoms in total. The number of thiophene rings is 1. The van der Waals surface area contributed by atoms with E-state index < -0.39 is 0 Å². The van der Waals surface area contributed by atoms with Crippen molar-refractivity contribution in [3.63, 3.8) is 0 Å². The van der Waals surface area contributed by atoms with Gasteiger partial charge >= 0.3 is 0 Å². The Balaban J connectivity index is 1.91. The first-order valence-electron chi connectivity index (χ1n) is 8.96. The zero-order valence-corrected chi connectivity index (χ0v) is 16.7. The Morgan fingerprint density at radius 1 is 1.07 bits per heavy atom. The molecule has 0 radical (unpaired) electrons. The standard InChI is InChI=1S/C21H20N4S2/c1-2-3-12-26-21-18(22)17-15(14-8-5-4-6-9-14)13-16(25-20(17)27-21)19-23-10-7-11-24-19/h4-11,13H,2-3,12,22H2,1H3. The normalized spacial score (nSPS) is 11.1. The van der Waals surface area contributed by atoms with Crippen molar-refractivity contribution < 1.29 is 0 Å². The molecule has 27 heavy (non-hydrogen) atoms. The summed E-state index contributed by atoms with van der Waals surface area (Å²) < 4.78 is 1.15. The molecule has 4 aromatic rings. The molecule has 6 heteroatoms. The van der Waals surface area contributed by atoms with Crippen molar-refractivity contribution in [1.29, 1.82) is 0 Å². The molecular weight excluding hydrogens is 372 g/mol. The average Bonchev–Trinajstić information content (AvgIpc) is 3.04. The summed E-state index contributed by atoms with van der Waals surface area (Å²) in [4.78, 5) is 14.5. The van der Waals surface area contributed by atoms with Gasteiger partial charge in [-0.1, -0.05) is 43.7 Å². The van der Waals surface area contributed by atoms with Crippen molar-refractivity contribution in [2.75, 3.05) is 11.5 Å². The Morgan fingerprint density at radius 2 is 1.85 bits per heavy atom. The van der Waals surface area contributed by atoms with Gasteiger partial charge in [0.1, 0.15) is 10.5 Å². The molecule has 0 unspecified atom stereocenters. The highest BCUT2D eigenvalue weighted by atomic mass is 32.2. The number of nitrogens with zero attached hydrogens (tertiary/aromatic N) is 3.